The molecule has 1 aromatic carbocycles. The summed E-state index contributed by atoms with van der Waals surface area (Å²) in [5, 5.41) is 1.16. The molecular weight excluding hydrogens is 312 g/mol. The molecule has 4 heteroatoms. The molecule has 2 aromatic rings. The number of carbonyl (C=O) groups is 1. The number of amides is 1. The Kier molecular flexibility index (Phi) is 4.55. The zero-order valence-electron chi connectivity index (χ0n) is 15.7. The third-order valence-electron chi connectivity index (χ3n) is 4.43. The normalized spacial score (nSPS) is 18.2. The molecule has 0 saturated heterocycles. The summed E-state index contributed by atoms with van der Waals surface area (Å²) in [5.41, 5.74) is 4.04. The van der Waals surface area contributed by atoms with Gasteiger partial charge in [-0.2, -0.15) is 0 Å². The average Bonchev–Trinajstić information content (AvgIpc) is 2.52. The number of hydrogen-bond acceptors (Lipinski definition) is 3. The second-order valence-electron chi connectivity index (χ2n) is 7.74. The van der Waals surface area contributed by atoms with Gasteiger partial charge >= 0.3 is 6.09 Å². The van der Waals surface area contributed by atoms with E-state index >= 15 is 0 Å². The Bertz CT molecular complexity index is 833. The van der Waals surface area contributed by atoms with E-state index in [1.807, 2.05) is 39.8 Å². The fourth-order valence-corrected chi connectivity index (χ4v) is 3.23. The predicted molar refractivity (Wildman–Crippen MR) is 101 cm³/mol. The quantitative estimate of drug-likeness (QED) is 0.738. The van der Waals surface area contributed by atoms with Gasteiger partial charge in [-0.25, -0.2) is 4.79 Å². The summed E-state index contributed by atoms with van der Waals surface area (Å²) in [6, 6.07) is 10.5. The van der Waals surface area contributed by atoms with Gasteiger partial charge in [-0.15, -0.1) is 0 Å². The highest BCUT2D eigenvalue weighted by molar-refractivity contribution is 5.92. The van der Waals surface area contributed by atoms with Gasteiger partial charge in [-0.1, -0.05) is 24.3 Å². The van der Waals surface area contributed by atoms with Crippen molar-refractivity contribution in [2.24, 2.45) is 0 Å². The molecule has 1 atom stereocenters. The number of benzene rings is 1. The molecule has 132 valence electrons. The fraction of sp³-hybridized carbons (Fsp3) is 0.429. The Morgan fingerprint density at radius 1 is 1.24 bits per heavy atom. The average molecular weight is 338 g/mol. The van der Waals surface area contributed by atoms with E-state index in [4.69, 9.17) is 4.74 Å². The molecule has 1 unspecified atom stereocenters. The van der Waals surface area contributed by atoms with E-state index in [0.717, 1.165) is 23.0 Å². The predicted octanol–water partition coefficient (Wildman–Crippen LogP) is 4.96. The second-order valence-corrected chi connectivity index (χ2v) is 7.74. The summed E-state index contributed by atoms with van der Waals surface area (Å²) in [4.78, 5) is 18.8. The maximum Gasteiger partial charge on any atom is 0.410 e. The molecular formula is C21H26N2O2. The maximum atomic E-state index is 12.4. The molecule has 0 fully saturated rings. The minimum Gasteiger partial charge on any atom is -0.444 e. The lowest BCUT2D eigenvalue weighted by Gasteiger charge is -2.34. The Balaban J connectivity index is 1.88. The van der Waals surface area contributed by atoms with Crippen LogP contribution in [-0.2, 0) is 4.74 Å². The minimum absolute atomic E-state index is 0.100. The van der Waals surface area contributed by atoms with E-state index in [2.05, 4.69) is 36.2 Å². The topological polar surface area (TPSA) is 42.4 Å². The van der Waals surface area contributed by atoms with Gasteiger partial charge in [0.05, 0.1) is 5.52 Å². The first-order chi connectivity index (χ1) is 11.7. The van der Waals surface area contributed by atoms with Crippen LogP contribution in [0, 0.1) is 6.92 Å². The molecule has 0 radical (unpaired) electrons. The lowest BCUT2D eigenvalue weighted by molar-refractivity contribution is 0.0199. The highest BCUT2D eigenvalue weighted by atomic mass is 16.6. The van der Waals surface area contributed by atoms with Gasteiger partial charge in [-0.05, 0) is 64.3 Å². The Labute approximate surface area is 149 Å². The summed E-state index contributed by atoms with van der Waals surface area (Å²) in [7, 11) is 0. The zero-order chi connectivity index (χ0) is 18.2. The first-order valence-electron chi connectivity index (χ1n) is 8.80. The SMILES string of the molecule is Cc1ccc2c(C3=CCN(C(=O)OC(C)(C)C)C(C)C3)cccc2n1. The van der Waals surface area contributed by atoms with E-state index in [1.165, 1.54) is 11.1 Å². The van der Waals surface area contributed by atoms with Crippen LogP contribution in [0.2, 0.25) is 0 Å². The van der Waals surface area contributed by atoms with Crippen LogP contribution in [0.3, 0.4) is 0 Å². The molecule has 1 amide bonds. The Hall–Kier alpha value is -2.36. The van der Waals surface area contributed by atoms with Crippen molar-refractivity contribution in [3.63, 3.8) is 0 Å². The van der Waals surface area contributed by atoms with Gasteiger partial charge in [0.2, 0.25) is 0 Å². The number of carbonyl (C=O) groups excluding carboxylic acids is 1. The first kappa shape index (κ1) is 17.5. The first-order valence-corrected chi connectivity index (χ1v) is 8.80. The van der Waals surface area contributed by atoms with Crippen molar-refractivity contribution in [3.8, 4) is 0 Å². The van der Waals surface area contributed by atoms with Crippen LogP contribution in [0.4, 0.5) is 4.79 Å². The molecule has 25 heavy (non-hydrogen) atoms. The van der Waals surface area contributed by atoms with Crippen molar-refractivity contribution in [3.05, 3.63) is 47.7 Å². The lowest BCUT2D eigenvalue weighted by Crippen LogP contribution is -2.44. The van der Waals surface area contributed by atoms with Crippen LogP contribution in [0.15, 0.2) is 36.4 Å². The summed E-state index contributed by atoms with van der Waals surface area (Å²) in [5.74, 6) is 0. The molecule has 1 aliphatic heterocycles. The van der Waals surface area contributed by atoms with Crippen molar-refractivity contribution >= 4 is 22.6 Å². The van der Waals surface area contributed by atoms with Gasteiger partial charge in [-0.3, -0.25) is 4.98 Å². The summed E-state index contributed by atoms with van der Waals surface area (Å²) in [6.45, 7) is 10.3. The number of rotatable bonds is 1. The molecule has 1 aliphatic rings. The lowest BCUT2D eigenvalue weighted by atomic mass is 9.92. The third kappa shape index (κ3) is 3.84. The van der Waals surface area contributed by atoms with E-state index in [9.17, 15) is 4.79 Å². The van der Waals surface area contributed by atoms with Crippen molar-refractivity contribution in [1.29, 1.82) is 0 Å². The largest absolute Gasteiger partial charge is 0.444 e. The van der Waals surface area contributed by atoms with Crippen LogP contribution < -0.4 is 0 Å². The van der Waals surface area contributed by atoms with E-state index in [1.54, 1.807) is 4.90 Å². The summed E-state index contributed by atoms with van der Waals surface area (Å²) >= 11 is 0. The van der Waals surface area contributed by atoms with Gasteiger partial charge < -0.3 is 9.64 Å². The molecule has 0 spiro atoms. The molecule has 0 N–H and O–H groups in total. The van der Waals surface area contributed by atoms with E-state index < -0.39 is 5.60 Å². The van der Waals surface area contributed by atoms with Crippen molar-refractivity contribution < 1.29 is 9.53 Å². The van der Waals surface area contributed by atoms with Gasteiger partial charge in [0.15, 0.2) is 0 Å². The molecule has 1 aromatic heterocycles. The summed E-state index contributed by atoms with van der Waals surface area (Å²) < 4.78 is 5.52. The van der Waals surface area contributed by atoms with Crippen LogP contribution >= 0.6 is 0 Å². The smallest absolute Gasteiger partial charge is 0.410 e. The molecule has 4 nitrogen and oxygen atoms in total. The van der Waals surface area contributed by atoms with Gasteiger partial charge in [0, 0.05) is 23.7 Å². The van der Waals surface area contributed by atoms with E-state index in [0.29, 0.717) is 6.54 Å². The maximum absolute atomic E-state index is 12.4. The third-order valence-corrected chi connectivity index (χ3v) is 4.43. The number of aromatic nitrogens is 1. The minimum atomic E-state index is -0.472. The molecule has 0 saturated carbocycles. The number of pyridine rings is 1. The standard InChI is InChI=1S/C21H26N2O2/c1-14-9-10-18-17(7-6-8-19(18)22-14)16-11-12-23(15(2)13-16)20(24)25-21(3,4)5/h6-11,15H,12-13H2,1-5H3. The number of aryl methyl sites for hydroxylation is 1. The van der Waals surface area contributed by atoms with Crippen LogP contribution in [0.1, 0.15) is 45.4 Å². The summed E-state index contributed by atoms with van der Waals surface area (Å²) in [6.07, 6.45) is 2.70. The van der Waals surface area contributed by atoms with E-state index in [-0.39, 0.29) is 12.1 Å². The molecule has 3 rings (SSSR count). The zero-order valence-corrected chi connectivity index (χ0v) is 15.7. The highest BCUT2D eigenvalue weighted by Crippen LogP contribution is 2.31. The number of ether oxygens (including phenoxy) is 1. The Morgan fingerprint density at radius 3 is 2.68 bits per heavy atom. The number of hydrogen-bond donors (Lipinski definition) is 0. The number of fused-ring (bicyclic) bond motifs is 1. The van der Waals surface area contributed by atoms with Crippen molar-refractivity contribution in [2.45, 2.75) is 52.7 Å². The van der Waals surface area contributed by atoms with Gasteiger partial charge in [0.1, 0.15) is 5.60 Å². The fourth-order valence-electron chi connectivity index (χ4n) is 3.23. The van der Waals surface area contributed by atoms with Crippen molar-refractivity contribution in [2.75, 3.05) is 6.54 Å². The monoisotopic (exact) mass is 338 g/mol. The van der Waals surface area contributed by atoms with Crippen molar-refractivity contribution in [1.82, 2.24) is 9.88 Å². The molecule has 0 bridgehead atoms. The number of nitrogens with zero attached hydrogens (tertiary/aromatic N) is 2. The van der Waals surface area contributed by atoms with Crippen LogP contribution in [0.25, 0.3) is 16.5 Å². The highest BCUT2D eigenvalue weighted by Gasteiger charge is 2.29. The second kappa shape index (κ2) is 6.51. The van der Waals surface area contributed by atoms with Gasteiger partial charge in [0.25, 0.3) is 0 Å². The van der Waals surface area contributed by atoms with Crippen LogP contribution in [-0.4, -0.2) is 34.2 Å². The van der Waals surface area contributed by atoms with Crippen LogP contribution in [0.5, 0.6) is 0 Å². The molecule has 2 heterocycles. The Morgan fingerprint density at radius 2 is 2.00 bits per heavy atom. The molecule has 0 aliphatic carbocycles.